The highest BCUT2D eigenvalue weighted by Crippen LogP contribution is 2.30. The van der Waals surface area contributed by atoms with Crippen molar-refractivity contribution in [1.82, 2.24) is 9.78 Å². The molecular formula is C14H23N3O2. The molecule has 1 saturated heterocycles. The monoisotopic (exact) mass is 265 g/mol. The Kier molecular flexibility index (Phi) is 3.83. The molecule has 0 radical (unpaired) electrons. The van der Waals surface area contributed by atoms with Crippen LogP contribution in [0.5, 0.6) is 0 Å². The normalized spacial score (nSPS) is 17.2. The van der Waals surface area contributed by atoms with Crippen LogP contribution in [-0.2, 0) is 7.05 Å². The molecule has 0 saturated carbocycles. The van der Waals surface area contributed by atoms with E-state index in [0.29, 0.717) is 17.2 Å². The zero-order valence-electron chi connectivity index (χ0n) is 12.2. The van der Waals surface area contributed by atoms with E-state index < -0.39 is 5.97 Å². The molecular weight excluding hydrogens is 242 g/mol. The van der Waals surface area contributed by atoms with Crippen molar-refractivity contribution in [3.63, 3.8) is 0 Å². The zero-order chi connectivity index (χ0) is 14.2. The number of nitrogens with zero attached hydrogens (tertiary/aromatic N) is 3. The summed E-state index contributed by atoms with van der Waals surface area (Å²) in [6.45, 7) is 8.12. The quantitative estimate of drug-likeness (QED) is 0.911. The largest absolute Gasteiger partial charge is 0.477 e. The highest BCUT2D eigenvalue weighted by atomic mass is 16.4. The maximum atomic E-state index is 11.4. The van der Waals surface area contributed by atoms with Crippen molar-refractivity contribution in [2.24, 2.45) is 18.9 Å². The Labute approximate surface area is 114 Å². The number of anilines is 1. The molecule has 0 amide bonds. The van der Waals surface area contributed by atoms with Gasteiger partial charge in [-0.3, -0.25) is 4.68 Å². The third kappa shape index (κ3) is 2.60. The Morgan fingerprint density at radius 3 is 2.42 bits per heavy atom. The van der Waals surface area contributed by atoms with Gasteiger partial charge in [0.25, 0.3) is 0 Å². The van der Waals surface area contributed by atoms with Gasteiger partial charge in [0.2, 0.25) is 0 Å². The van der Waals surface area contributed by atoms with Gasteiger partial charge in [-0.05, 0) is 31.6 Å². The average molecular weight is 265 g/mol. The third-order valence-corrected chi connectivity index (χ3v) is 4.19. The van der Waals surface area contributed by atoms with E-state index in [-0.39, 0.29) is 0 Å². The minimum absolute atomic E-state index is 0.352. The van der Waals surface area contributed by atoms with E-state index in [4.69, 9.17) is 0 Å². The van der Waals surface area contributed by atoms with E-state index in [0.717, 1.165) is 37.7 Å². The zero-order valence-corrected chi connectivity index (χ0v) is 12.2. The van der Waals surface area contributed by atoms with Crippen molar-refractivity contribution in [2.75, 3.05) is 18.0 Å². The van der Waals surface area contributed by atoms with Crippen molar-refractivity contribution < 1.29 is 9.90 Å². The van der Waals surface area contributed by atoms with Gasteiger partial charge >= 0.3 is 5.97 Å². The molecule has 0 aliphatic carbocycles. The number of carbonyl (C=O) groups is 1. The van der Waals surface area contributed by atoms with Gasteiger partial charge in [-0.2, -0.15) is 5.10 Å². The second-order valence-electron chi connectivity index (χ2n) is 5.78. The molecule has 2 rings (SSSR count). The molecule has 106 valence electrons. The number of carboxylic acid groups (broad SMARTS) is 1. The predicted molar refractivity (Wildman–Crippen MR) is 74.7 cm³/mol. The molecule has 19 heavy (non-hydrogen) atoms. The molecule has 5 nitrogen and oxygen atoms in total. The smallest absolute Gasteiger partial charge is 0.341 e. The molecule has 1 N–H and O–H groups in total. The van der Waals surface area contributed by atoms with Crippen molar-refractivity contribution in [1.29, 1.82) is 0 Å². The fourth-order valence-corrected chi connectivity index (χ4v) is 3.04. The van der Waals surface area contributed by atoms with Crippen molar-refractivity contribution in [3.8, 4) is 0 Å². The van der Waals surface area contributed by atoms with Crippen LogP contribution in [0.3, 0.4) is 0 Å². The molecule has 1 aliphatic rings. The molecule has 2 heterocycles. The number of aromatic nitrogens is 2. The number of aromatic carboxylic acids is 1. The maximum absolute atomic E-state index is 11.4. The summed E-state index contributed by atoms with van der Waals surface area (Å²) in [4.78, 5) is 13.6. The lowest BCUT2D eigenvalue weighted by molar-refractivity contribution is 0.0696. The van der Waals surface area contributed by atoms with Crippen LogP contribution in [0.25, 0.3) is 0 Å². The number of rotatable bonds is 3. The Balaban J connectivity index is 2.22. The van der Waals surface area contributed by atoms with Crippen LogP contribution in [0, 0.1) is 18.8 Å². The number of piperidine rings is 1. The van der Waals surface area contributed by atoms with Gasteiger partial charge in [0.05, 0.1) is 5.69 Å². The Hall–Kier alpha value is -1.52. The summed E-state index contributed by atoms with van der Waals surface area (Å²) in [5.41, 5.74) is 0.946. The maximum Gasteiger partial charge on any atom is 0.341 e. The van der Waals surface area contributed by atoms with Gasteiger partial charge in [0, 0.05) is 20.1 Å². The van der Waals surface area contributed by atoms with Crippen LogP contribution >= 0.6 is 0 Å². The molecule has 1 aliphatic heterocycles. The first-order valence-electron chi connectivity index (χ1n) is 6.93. The van der Waals surface area contributed by atoms with Crippen LogP contribution in [0.1, 0.15) is 42.7 Å². The van der Waals surface area contributed by atoms with Crippen LogP contribution in [0.15, 0.2) is 0 Å². The number of carboxylic acids is 1. The summed E-state index contributed by atoms with van der Waals surface area (Å²) >= 11 is 0. The molecule has 0 unspecified atom stereocenters. The average Bonchev–Trinajstić information content (AvgIpc) is 2.64. The Bertz CT molecular complexity index is 471. The summed E-state index contributed by atoms with van der Waals surface area (Å²) in [6, 6.07) is 0. The Morgan fingerprint density at radius 1 is 1.37 bits per heavy atom. The third-order valence-electron chi connectivity index (χ3n) is 4.19. The van der Waals surface area contributed by atoms with Crippen molar-refractivity contribution in [2.45, 2.75) is 33.6 Å². The number of aryl methyl sites for hydroxylation is 2. The summed E-state index contributed by atoms with van der Waals surface area (Å²) in [5, 5.41) is 13.6. The van der Waals surface area contributed by atoms with E-state index in [2.05, 4.69) is 23.8 Å². The highest BCUT2D eigenvalue weighted by molar-refractivity contribution is 5.94. The minimum atomic E-state index is -0.883. The van der Waals surface area contributed by atoms with E-state index in [9.17, 15) is 9.90 Å². The number of hydrogen-bond donors (Lipinski definition) is 1. The van der Waals surface area contributed by atoms with Crippen LogP contribution < -0.4 is 4.90 Å². The van der Waals surface area contributed by atoms with Crippen LogP contribution in [0.2, 0.25) is 0 Å². The SMILES string of the molecule is Cc1nn(C)c(N2CCC(C(C)C)CC2)c1C(=O)O. The van der Waals surface area contributed by atoms with E-state index in [1.807, 2.05) is 7.05 Å². The summed E-state index contributed by atoms with van der Waals surface area (Å²) < 4.78 is 1.70. The van der Waals surface area contributed by atoms with Crippen LogP contribution in [0.4, 0.5) is 5.82 Å². The first-order chi connectivity index (χ1) is 8.91. The first-order valence-corrected chi connectivity index (χ1v) is 6.93. The van der Waals surface area contributed by atoms with Crippen LogP contribution in [-0.4, -0.2) is 33.9 Å². The van der Waals surface area contributed by atoms with Gasteiger partial charge in [-0.1, -0.05) is 13.8 Å². The second kappa shape index (κ2) is 5.23. The summed E-state index contributed by atoms with van der Waals surface area (Å²) in [6.07, 6.45) is 2.25. The molecule has 0 aromatic carbocycles. The minimum Gasteiger partial charge on any atom is -0.477 e. The Morgan fingerprint density at radius 2 is 1.95 bits per heavy atom. The second-order valence-corrected chi connectivity index (χ2v) is 5.78. The summed E-state index contributed by atoms with van der Waals surface area (Å²) in [5.74, 6) is 1.33. The topological polar surface area (TPSA) is 58.4 Å². The van der Waals surface area contributed by atoms with E-state index in [1.54, 1.807) is 11.6 Å². The van der Waals surface area contributed by atoms with Gasteiger partial charge < -0.3 is 10.0 Å². The van der Waals surface area contributed by atoms with Gasteiger partial charge in [0.1, 0.15) is 11.4 Å². The summed E-state index contributed by atoms with van der Waals surface area (Å²) in [7, 11) is 1.82. The van der Waals surface area contributed by atoms with Gasteiger partial charge in [-0.15, -0.1) is 0 Å². The molecule has 0 spiro atoms. The first kappa shape index (κ1) is 13.9. The molecule has 5 heteroatoms. The standard InChI is InChI=1S/C14H23N3O2/c1-9(2)11-5-7-17(8-6-11)13-12(14(18)19)10(3)15-16(13)4/h9,11H,5-8H2,1-4H3,(H,18,19). The molecule has 1 fully saturated rings. The fourth-order valence-electron chi connectivity index (χ4n) is 3.04. The lowest BCUT2D eigenvalue weighted by Crippen LogP contribution is -2.37. The molecule has 1 aromatic rings. The van der Waals surface area contributed by atoms with E-state index in [1.165, 1.54) is 0 Å². The molecule has 0 atom stereocenters. The van der Waals surface area contributed by atoms with Crippen molar-refractivity contribution >= 4 is 11.8 Å². The highest BCUT2D eigenvalue weighted by Gasteiger charge is 2.28. The lowest BCUT2D eigenvalue weighted by atomic mass is 9.86. The van der Waals surface area contributed by atoms with Crippen molar-refractivity contribution in [3.05, 3.63) is 11.3 Å². The fraction of sp³-hybridized carbons (Fsp3) is 0.714. The number of hydrogen-bond acceptors (Lipinski definition) is 3. The molecule has 1 aromatic heterocycles. The van der Waals surface area contributed by atoms with Gasteiger partial charge in [-0.25, -0.2) is 4.79 Å². The van der Waals surface area contributed by atoms with E-state index >= 15 is 0 Å². The molecule has 0 bridgehead atoms. The predicted octanol–water partition coefficient (Wildman–Crippen LogP) is 2.30. The lowest BCUT2D eigenvalue weighted by Gasteiger charge is -2.35. The van der Waals surface area contributed by atoms with Gasteiger partial charge in [0.15, 0.2) is 0 Å².